The summed E-state index contributed by atoms with van der Waals surface area (Å²) >= 11 is 0. The predicted molar refractivity (Wildman–Crippen MR) is 119 cm³/mol. The Morgan fingerprint density at radius 2 is 1.71 bits per heavy atom. The number of methoxy groups -OCH3 is 1. The number of nitrogen functional groups attached to an aromatic ring is 1. The first kappa shape index (κ1) is 24.1. The lowest BCUT2D eigenvalue weighted by Gasteiger charge is -2.38. The van der Waals surface area contributed by atoms with Crippen LogP contribution in [0.25, 0.3) is 0 Å². The monoisotopic (exact) mass is 425 g/mol. The smallest absolute Gasteiger partial charge is 0.227 e. The summed E-state index contributed by atoms with van der Waals surface area (Å²) in [6, 6.07) is 16.0. The van der Waals surface area contributed by atoms with Crippen molar-refractivity contribution in [2.24, 2.45) is 0 Å². The van der Waals surface area contributed by atoms with Gasteiger partial charge >= 0.3 is 0 Å². The number of halogens is 2. The van der Waals surface area contributed by atoms with E-state index in [1.165, 1.54) is 5.56 Å². The van der Waals surface area contributed by atoms with Gasteiger partial charge in [-0.25, -0.2) is 0 Å². The van der Waals surface area contributed by atoms with Gasteiger partial charge in [0.1, 0.15) is 5.75 Å². The van der Waals surface area contributed by atoms with Gasteiger partial charge in [-0.05, 0) is 42.3 Å². The number of carbonyl (C=O) groups excluding carboxylic acids is 1. The summed E-state index contributed by atoms with van der Waals surface area (Å²) in [7, 11) is 1.69. The predicted octanol–water partition coefficient (Wildman–Crippen LogP) is 3.57. The van der Waals surface area contributed by atoms with Gasteiger partial charge in [0.2, 0.25) is 5.91 Å². The molecule has 1 heterocycles. The first-order valence-electron chi connectivity index (χ1n) is 9.07. The first-order chi connectivity index (χ1) is 12.6. The van der Waals surface area contributed by atoms with Gasteiger partial charge in [0, 0.05) is 37.9 Å². The summed E-state index contributed by atoms with van der Waals surface area (Å²) in [5.74, 6) is 1.06. The number of rotatable bonds is 5. The van der Waals surface area contributed by atoms with Gasteiger partial charge < -0.3 is 15.4 Å². The number of carbonyl (C=O) groups is 1. The van der Waals surface area contributed by atoms with Crippen LogP contribution < -0.4 is 10.5 Å². The Bertz CT molecular complexity index is 748. The molecule has 0 radical (unpaired) electrons. The fraction of sp³-hybridized carbons (Fsp3) is 0.381. The molecule has 7 heteroatoms. The lowest BCUT2D eigenvalue weighted by molar-refractivity contribution is -0.132. The van der Waals surface area contributed by atoms with Crippen molar-refractivity contribution >= 4 is 36.4 Å². The van der Waals surface area contributed by atoms with E-state index in [-0.39, 0.29) is 30.7 Å². The summed E-state index contributed by atoms with van der Waals surface area (Å²) in [6.07, 6.45) is 0.436. The lowest BCUT2D eigenvalue weighted by Crippen LogP contribution is -2.49. The molecule has 1 atom stereocenters. The highest BCUT2D eigenvalue weighted by atomic mass is 35.5. The van der Waals surface area contributed by atoms with Crippen LogP contribution in [0.3, 0.4) is 0 Å². The van der Waals surface area contributed by atoms with Crippen molar-refractivity contribution in [2.45, 2.75) is 19.4 Å². The van der Waals surface area contributed by atoms with Gasteiger partial charge in [0.25, 0.3) is 0 Å². The van der Waals surface area contributed by atoms with Gasteiger partial charge in [-0.15, -0.1) is 24.8 Å². The molecule has 5 nitrogen and oxygen atoms in total. The fourth-order valence-electron chi connectivity index (χ4n) is 3.39. The van der Waals surface area contributed by atoms with Gasteiger partial charge in [-0.2, -0.15) is 0 Å². The van der Waals surface area contributed by atoms with Gasteiger partial charge in [-0.3, -0.25) is 9.69 Å². The van der Waals surface area contributed by atoms with E-state index in [0.29, 0.717) is 12.5 Å². The van der Waals surface area contributed by atoms with Crippen LogP contribution in [0.5, 0.6) is 5.75 Å². The highest BCUT2D eigenvalue weighted by Gasteiger charge is 2.24. The molecule has 1 unspecified atom stereocenters. The van der Waals surface area contributed by atoms with Crippen LogP contribution in [0, 0.1) is 0 Å². The highest BCUT2D eigenvalue weighted by Crippen LogP contribution is 2.25. The SMILES string of the molecule is COc1cccc(C(C)N2CCN(C(=O)Cc3ccc(N)cc3)CC2)c1.Cl.Cl. The summed E-state index contributed by atoms with van der Waals surface area (Å²) in [4.78, 5) is 16.9. The number of amides is 1. The summed E-state index contributed by atoms with van der Waals surface area (Å²) in [5, 5.41) is 0. The van der Waals surface area contributed by atoms with Crippen LogP contribution in [0.2, 0.25) is 0 Å². The Kier molecular flexibility index (Phi) is 9.59. The molecule has 1 aliphatic rings. The van der Waals surface area contributed by atoms with E-state index in [9.17, 15) is 4.79 Å². The molecule has 154 valence electrons. The van der Waals surface area contributed by atoms with Crippen molar-refractivity contribution in [1.82, 2.24) is 9.80 Å². The first-order valence-corrected chi connectivity index (χ1v) is 9.07. The Morgan fingerprint density at radius 1 is 1.07 bits per heavy atom. The average molecular weight is 426 g/mol. The molecule has 0 bridgehead atoms. The minimum atomic E-state index is 0. The number of ether oxygens (including phenoxy) is 1. The van der Waals surface area contributed by atoms with Crippen molar-refractivity contribution in [3.05, 3.63) is 59.7 Å². The van der Waals surface area contributed by atoms with E-state index in [0.717, 1.165) is 43.2 Å². The summed E-state index contributed by atoms with van der Waals surface area (Å²) in [6.45, 7) is 5.50. The molecular formula is C21H29Cl2N3O2. The van der Waals surface area contributed by atoms with E-state index in [1.807, 2.05) is 41.3 Å². The second-order valence-electron chi connectivity index (χ2n) is 6.79. The van der Waals surface area contributed by atoms with E-state index in [2.05, 4.69) is 24.0 Å². The lowest BCUT2D eigenvalue weighted by atomic mass is 10.1. The quantitative estimate of drug-likeness (QED) is 0.743. The van der Waals surface area contributed by atoms with Crippen molar-refractivity contribution in [2.75, 3.05) is 39.0 Å². The van der Waals surface area contributed by atoms with Gasteiger partial charge in [0.05, 0.1) is 13.5 Å². The van der Waals surface area contributed by atoms with E-state index >= 15 is 0 Å². The van der Waals surface area contributed by atoms with Crippen LogP contribution in [-0.4, -0.2) is 49.0 Å². The third-order valence-electron chi connectivity index (χ3n) is 5.13. The maximum absolute atomic E-state index is 12.5. The van der Waals surface area contributed by atoms with Crippen molar-refractivity contribution in [3.8, 4) is 5.75 Å². The van der Waals surface area contributed by atoms with E-state index in [4.69, 9.17) is 10.5 Å². The molecule has 1 fully saturated rings. The Morgan fingerprint density at radius 3 is 2.32 bits per heavy atom. The molecule has 3 rings (SSSR count). The third-order valence-corrected chi connectivity index (χ3v) is 5.13. The standard InChI is InChI=1S/C21H27N3O2.2ClH/c1-16(18-4-3-5-20(15-18)26-2)23-10-12-24(13-11-23)21(25)14-17-6-8-19(22)9-7-17;;/h3-9,15-16H,10-14,22H2,1-2H3;2*1H. The molecule has 1 amide bonds. The Hall–Kier alpha value is -1.95. The number of benzene rings is 2. The van der Waals surface area contributed by atoms with Crippen LogP contribution in [0.15, 0.2) is 48.5 Å². The van der Waals surface area contributed by atoms with Crippen molar-refractivity contribution in [3.63, 3.8) is 0 Å². The Labute approximate surface area is 179 Å². The molecule has 2 aromatic carbocycles. The van der Waals surface area contributed by atoms with Gasteiger partial charge in [0.15, 0.2) is 0 Å². The molecule has 2 aromatic rings. The molecular weight excluding hydrogens is 397 g/mol. The second kappa shape index (κ2) is 11.1. The maximum atomic E-state index is 12.5. The molecule has 28 heavy (non-hydrogen) atoms. The zero-order valence-electron chi connectivity index (χ0n) is 16.3. The highest BCUT2D eigenvalue weighted by molar-refractivity contribution is 5.85. The maximum Gasteiger partial charge on any atom is 0.227 e. The van der Waals surface area contributed by atoms with Crippen molar-refractivity contribution < 1.29 is 9.53 Å². The van der Waals surface area contributed by atoms with E-state index in [1.54, 1.807) is 7.11 Å². The number of anilines is 1. The summed E-state index contributed by atoms with van der Waals surface area (Å²) in [5.41, 5.74) is 8.68. The van der Waals surface area contributed by atoms with Gasteiger partial charge in [-0.1, -0.05) is 24.3 Å². The number of piperazine rings is 1. The van der Waals surface area contributed by atoms with Crippen molar-refractivity contribution in [1.29, 1.82) is 0 Å². The normalized spacial score (nSPS) is 15.1. The fourth-order valence-corrected chi connectivity index (χ4v) is 3.39. The molecule has 1 aliphatic heterocycles. The number of nitrogens with two attached hydrogens (primary N) is 1. The minimum absolute atomic E-state index is 0. The molecule has 0 saturated carbocycles. The number of hydrogen-bond acceptors (Lipinski definition) is 4. The third kappa shape index (κ3) is 6.03. The molecule has 1 saturated heterocycles. The topological polar surface area (TPSA) is 58.8 Å². The zero-order valence-corrected chi connectivity index (χ0v) is 18.0. The van der Waals surface area contributed by atoms with Crippen LogP contribution in [0.1, 0.15) is 24.1 Å². The van der Waals surface area contributed by atoms with E-state index < -0.39 is 0 Å². The number of hydrogen-bond donors (Lipinski definition) is 1. The molecule has 0 aliphatic carbocycles. The summed E-state index contributed by atoms with van der Waals surface area (Å²) < 4.78 is 5.33. The van der Waals surface area contributed by atoms with Crippen LogP contribution >= 0.6 is 24.8 Å². The van der Waals surface area contributed by atoms with Crippen LogP contribution in [0.4, 0.5) is 5.69 Å². The largest absolute Gasteiger partial charge is 0.497 e. The zero-order chi connectivity index (χ0) is 18.5. The molecule has 0 spiro atoms. The molecule has 2 N–H and O–H groups in total. The average Bonchev–Trinajstić information content (AvgIpc) is 2.69. The second-order valence-corrected chi connectivity index (χ2v) is 6.79. The molecule has 0 aromatic heterocycles. The number of nitrogens with zero attached hydrogens (tertiary/aromatic N) is 2. The minimum Gasteiger partial charge on any atom is -0.497 e. The van der Waals surface area contributed by atoms with Crippen LogP contribution in [-0.2, 0) is 11.2 Å². The Balaban J connectivity index is 0.00000196.